The number of halogens is 1. The lowest BCUT2D eigenvalue weighted by Gasteiger charge is -2.46. The molecule has 2 aliphatic carbocycles. The third-order valence-corrected chi connectivity index (χ3v) is 7.43. The Kier molecular flexibility index (Phi) is 5.05. The van der Waals surface area contributed by atoms with Gasteiger partial charge in [0.05, 0.1) is 23.7 Å². The molecule has 1 heterocycles. The second kappa shape index (κ2) is 7.76. The molecule has 2 aromatic carbocycles. The zero-order chi connectivity index (χ0) is 21.6. The van der Waals surface area contributed by atoms with Crippen LogP contribution < -0.4 is 0 Å². The van der Waals surface area contributed by atoms with E-state index in [0.29, 0.717) is 12.3 Å². The molecule has 3 aromatic rings. The predicted octanol–water partition coefficient (Wildman–Crippen LogP) is 6.19. The number of nitrogens with zero attached hydrogens (tertiary/aromatic N) is 2. The highest BCUT2D eigenvalue weighted by atomic mass is 19.1. The molecule has 3 atom stereocenters. The molecule has 0 amide bonds. The Labute approximate surface area is 183 Å². The SMILES string of the molecule is Cc1ccc(-n2ncc3c2C=C2CCCC(CC(O)c4ccc(F)cc4)C2(C)C3)cc1. The maximum atomic E-state index is 13.3. The summed E-state index contributed by atoms with van der Waals surface area (Å²) < 4.78 is 15.3. The number of aliphatic hydroxyl groups is 1. The van der Waals surface area contributed by atoms with Crippen molar-refractivity contribution in [1.82, 2.24) is 9.78 Å². The van der Waals surface area contributed by atoms with Gasteiger partial charge in [0.1, 0.15) is 5.82 Å². The minimum absolute atomic E-state index is 0.0212. The number of benzene rings is 2. The summed E-state index contributed by atoms with van der Waals surface area (Å²) in [5.41, 5.74) is 7.08. The Morgan fingerprint density at radius 3 is 2.65 bits per heavy atom. The maximum absolute atomic E-state index is 13.3. The number of allylic oxidation sites excluding steroid dienone is 1. The molecule has 31 heavy (non-hydrogen) atoms. The molecule has 2 aliphatic rings. The van der Waals surface area contributed by atoms with Crippen molar-refractivity contribution < 1.29 is 9.50 Å². The van der Waals surface area contributed by atoms with Crippen LogP contribution in [0.15, 0.2) is 60.3 Å². The summed E-state index contributed by atoms with van der Waals surface area (Å²) in [5.74, 6) is 0.111. The summed E-state index contributed by atoms with van der Waals surface area (Å²) in [6.45, 7) is 4.45. The van der Waals surface area contributed by atoms with Gasteiger partial charge in [-0.25, -0.2) is 9.07 Å². The smallest absolute Gasteiger partial charge is 0.123 e. The van der Waals surface area contributed by atoms with Gasteiger partial charge in [-0.15, -0.1) is 0 Å². The van der Waals surface area contributed by atoms with E-state index in [0.717, 1.165) is 36.9 Å². The van der Waals surface area contributed by atoms with Gasteiger partial charge in [-0.05, 0) is 91.8 Å². The van der Waals surface area contributed by atoms with Crippen LogP contribution in [-0.2, 0) is 6.42 Å². The quantitative estimate of drug-likeness (QED) is 0.551. The van der Waals surface area contributed by atoms with Gasteiger partial charge in [-0.1, -0.05) is 42.3 Å². The predicted molar refractivity (Wildman–Crippen MR) is 121 cm³/mol. The maximum Gasteiger partial charge on any atom is 0.123 e. The van der Waals surface area contributed by atoms with E-state index in [-0.39, 0.29) is 11.2 Å². The molecule has 1 aromatic heterocycles. The molecule has 0 radical (unpaired) electrons. The number of aromatic nitrogens is 2. The van der Waals surface area contributed by atoms with Crippen LogP contribution in [0.2, 0.25) is 0 Å². The van der Waals surface area contributed by atoms with Crippen LogP contribution in [0.3, 0.4) is 0 Å². The van der Waals surface area contributed by atoms with Crippen molar-refractivity contribution in [3.05, 3.63) is 88.5 Å². The highest BCUT2D eigenvalue weighted by Gasteiger charge is 2.43. The Morgan fingerprint density at radius 2 is 1.90 bits per heavy atom. The largest absolute Gasteiger partial charge is 0.388 e. The van der Waals surface area contributed by atoms with Crippen LogP contribution in [0, 0.1) is 24.1 Å². The molecular weight excluding hydrogens is 387 g/mol. The van der Waals surface area contributed by atoms with Crippen molar-refractivity contribution in [3.63, 3.8) is 0 Å². The molecule has 5 rings (SSSR count). The van der Waals surface area contributed by atoms with Gasteiger partial charge >= 0.3 is 0 Å². The summed E-state index contributed by atoms with van der Waals surface area (Å²) in [6.07, 6.45) is 8.76. The van der Waals surface area contributed by atoms with Crippen molar-refractivity contribution >= 4 is 6.08 Å². The van der Waals surface area contributed by atoms with E-state index in [1.807, 2.05) is 6.20 Å². The van der Waals surface area contributed by atoms with E-state index in [2.05, 4.69) is 48.9 Å². The summed E-state index contributed by atoms with van der Waals surface area (Å²) in [7, 11) is 0. The molecule has 0 aliphatic heterocycles. The van der Waals surface area contributed by atoms with E-state index in [1.54, 1.807) is 12.1 Å². The first-order valence-electron chi connectivity index (χ1n) is 11.2. The second-order valence-electron chi connectivity index (χ2n) is 9.46. The van der Waals surface area contributed by atoms with Gasteiger partial charge in [0, 0.05) is 0 Å². The first kappa shape index (κ1) is 20.2. The zero-order valence-electron chi connectivity index (χ0n) is 18.2. The third kappa shape index (κ3) is 3.63. The Balaban J connectivity index is 1.43. The van der Waals surface area contributed by atoms with Crippen LogP contribution in [-0.4, -0.2) is 14.9 Å². The molecule has 3 nitrogen and oxygen atoms in total. The summed E-state index contributed by atoms with van der Waals surface area (Å²) >= 11 is 0. The van der Waals surface area contributed by atoms with Crippen LogP contribution in [0.1, 0.15) is 61.1 Å². The normalized spacial score (nSPS) is 23.6. The van der Waals surface area contributed by atoms with Crippen molar-refractivity contribution in [2.75, 3.05) is 0 Å². The second-order valence-corrected chi connectivity index (χ2v) is 9.46. The fourth-order valence-corrected chi connectivity index (χ4v) is 5.50. The molecule has 1 N–H and O–H groups in total. The van der Waals surface area contributed by atoms with Gasteiger partial charge in [-0.3, -0.25) is 0 Å². The highest BCUT2D eigenvalue weighted by molar-refractivity contribution is 5.61. The van der Waals surface area contributed by atoms with Crippen molar-refractivity contribution in [3.8, 4) is 5.69 Å². The molecule has 1 fully saturated rings. The number of aliphatic hydroxyl groups excluding tert-OH is 1. The molecule has 0 bridgehead atoms. The van der Waals surface area contributed by atoms with Gasteiger partial charge in [-0.2, -0.15) is 5.10 Å². The monoisotopic (exact) mass is 416 g/mol. The highest BCUT2D eigenvalue weighted by Crippen LogP contribution is 2.53. The van der Waals surface area contributed by atoms with E-state index in [1.165, 1.54) is 34.5 Å². The lowest BCUT2D eigenvalue weighted by atomic mass is 9.58. The molecule has 0 saturated heterocycles. The van der Waals surface area contributed by atoms with E-state index in [9.17, 15) is 9.50 Å². The first-order chi connectivity index (χ1) is 14.9. The van der Waals surface area contributed by atoms with Crippen molar-refractivity contribution in [2.45, 2.75) is 52.1 Å². The number of aryl methyl sites for hydroxylation is 1. The van der Waals surface area contributed by atoms with Gasteiger partial charge in [0.15, 0.2) is 0 Å². The summed E-state index contributed by atoms with van der Waals surface area (Å²) in [5, 5.41) is 15.6. The molecule has 3 unspecified atom stereocenters. The van der Waals surface area contributed by atoms with Crippen LogP contribution in [0.5, 0.6) is 0 Å². The number of hydrogen-bond acceptors (Lipinski definition) is 2. The van der Waals surface area contributed by atoms with Gasteiger partial charge in [0.2, 0.25) is 0 Å². The van der Waals surface area contributed by atoms with E-state index < -0.39 is 6.10 Å². The zero-order valence-corrected chi connectivity index (χ0v) is 18.2. The van der Waals surface area contributed by atoms with E-state index >= 15 is 0 Å². The van der Waals surface area contributed by atoms with Gasteiger partial charge in [0.25, 0.3) is 0 Å². The van der Waals surface area contributed by atoms with Gasteiger partial charge < -0.3 is 5.11 Å². The van der Waals surface area contributed by atoms with Crippen LogP contribution in [0.4, 0.5) is 4.39 Å². The van der Waals surface area contributed by atoms with Crippen molar-refractivity contribution in [2.24, 2.45) is 11.3 Å². The summed E-state index contributed by atoms with van der Waals surface area (Å²) in [6, 6.07) is 14.7. The number of rotatable bonds is 4. The lowest BCUT2D eigenvalue weighted by Crippen LogP contribution is -2.38. The number of fused-ring (bicyclic) bond motifs is 2. The minimum atomic E-state index is -0.571. The number of hydrogen-bond donors (Lipinski definition) is 1. The molecule has 160 valence electrons. The Hall–Kier alpha value is -2.72. The third-order valence-electron chi connectivity index (χ3n) is 7.43. The average molecular weight is 417 g/mol. The van der Waals surface area contributed by atoms with Crippen molar-refractivity contribution in [1.29, 1.82) is 0 Å². The molecule has 4 heteroatoms. The standard InChI is InChI=1S/C27H29FN2O/c1-18-6-12-24(13-7-18)30-25-14-21-4-3-5-22(27(21,2)16-20(25)17-29-30)15-26(31)19-8-10-23(28)11-9-19/h6-14,17,22,26,31H,3-5,15-16H2,1-2H3. The van der Waals surface area contributed by atoms with Crippen LogP contribution in [0.25, 0.3) is 11.8 Å². The first-order valence-corrected chi connectivity index (χ1v) is 11.2. The van der Waals surface area contributed by atoms with Crippen LogP contribution >= 0.6 is 0 Å². The summed E-state index contributed by atoms with van der Waals surface area (Å²) in [4.78, 5) is 0. The fraction of sp³-hybridized carbons (Fsp3) is 0.370. The molecular formula is C27H29FN2O. The molecule has 1 saturated carbocycles. The topological polar surface area (TPSA) is 38.0 Å². The Bertz CT molecular complexity index is 1110. The minimum Gasteiger partial charge on any atom is -0.388 e. The molecule has 0 spiro atoms. The fourth-order valence-electron chi connectivity index (χ4n) is 5.50. The Morgan fingerprint density at radius 1 is 1.16 bits per heavy atom. The average Bonchev–Trinajstić information content (AvgIpc) is 3.16. The van der Waals surface area contributed by atoms with E-state index in [4.69, 9.17) is 5.10 Å². The lowest BCUT2D eigenvalue weighted by molar-refractivity contribution is 0.0833.